The van der Waals surface area contributed by atoms with Gasteiger partial charge in [-0.15, -0.1) is 0 Å². The second-order valence-electron chi connectivity index (χ2n) is 5.69. The van der Waals surface area contributed by atoms with Crippen molar-refractivity contribution in [2.75, 3.05) is 7.11 Å². The van der Waals surface area contributed by atoms with Gasteiger partial charge in [-0.25, -0.2) is 9.48 Å². The van der Waals surface area contributed by atoms with E-state index in [2.05, 4.69) is 9.84 Å². The number of benzene rings is 1. The number of nitrogens with zero attached hydrogens (tertiary/aromatic N) is 2. The average Bonchev–Trinajstić information content (AvgIpc) is 2.90. The van der Waals surface area contributed by atoms with Crippen LogP contribution in [-0.4, -0.2) is 41.0 Å². The maximum absolute atomic E-state index is 12.2. The van der Waals surface area contributed by atoms with Gasteiger partial charge in [-0.2, -0.15) is 5.10 Å². The Kier molecular flexibility index (Phi) is 6.11. The Labute approximate surface area is 151 Å². The molecule has 0 aliphatic heterocycles. The standard InChI is InChI=1S/C18H21N3O5/c1-11-15(12(2)21(20-11)14-8-6-5-7-9-14)10-16(22)26-13(3)17(23)19-18(24)25-4/h5-9,13H,10H2,1-4H3,(H,19,23,24)/t13-/m0/s1. The largest absolute Gasteiger partial charge is 0.453 e. The van der Waals surface area contributed by atoms with Crippen molar-refractivity contribution in [1.82, 2.24) is 15.1 Å². The van der Waals surface area contributed by atoms with Crippen LogP contribution in [0.15, 0.2) is 30.3 Å². The van der Waals surface area contributed by atoms with E-state index in [4.69, 9.17) is 4.74 Å². The molecule has 1 aromatic heterocycles. The molecule has 2 rings (SSSR count). The van der Waals surface area contributed by atoms with Crippen LogP contribution in [0.5, 0.6) is 0 Å². The fourth-order valence-corrected chi connectivity index (χ4v) is 2.44. The van der Waals surface area contributed by atoms with E-state index >= 15 is 0 Å². The number of aromatic nitrogens is 2. The lowest BCUT2D eigenvalue weighted by Gasteiger charge is -2.12. The van der Waals surface area contributed by atoms with E-state index < -0.39 is 24.1 Å². The molecule has 1 aromatic carbocycles. The molecule has 0 spiro atoms. The SMILES string of the molecule is COC(=O)NC(=O)[C@H](C)OC(=O)Cc1c(C)nn(-c2ccccc2)c1C. The van der Waals surface area contributed by atoms with Crippen molar-refractivity contribution in [3.8, 4) is 5.69 Å². The number of ether oxygens (including phenoxy) is 2. The summed E-state index contributed by atoms with van der Waals surface area (Å²) >= 11 is 0. The second-order valence-corrected chi connectivity index (χ2v) is 5.69. The number of esters is 1. The van der Waals surface area contributed by atoms with Gasteiger partial charge >= 0.3 is 12.1 Å². The Morgan fingerprint density at radius 3 is 2.46 bits per heavy atom. The molecule has 138 valence electrons. The van der Waals surface area contributed by atoms with Crippen molar-refractivity contribution in [1.29, 1.82) is 0 Å². The number of alkyl carbamates (subject to hydrolysis) is 1. The van der Waals surface area contributed by atoms with E-state index in [0.29, 0.717) is 5.69 Å². The molecule has 0 saturated heterocycles. The van der Waals surface area contributed by atoms with Gasteiger partial charge < -0.3 is 9.47 Å². The molecule has 0 aliphatic rings. The monoisotopic (exact) mass is 359 g/mol. The van der Waals surface area contributed by atoms with Crippen LogP contribution in [0.2, 0.25) is 0 Å². The minimum Gasteiger partial charge on any atom is -0.453 e. The van der Waals surface area contributed by atoms with Crippen molar-refractivity contribution < 1.29 is 23.9 Å². The number of rotatable bonds is 5. The van der Waals surface area contributed by atoms with E-state index in [1.807, 2.05) is 49.5 Å². The van der Waals surface area contributed by atoms with Crippen LogP contribution in [-0.2, 0) is 25.5 Å². The van der Waals surface area contributed by atoms with E-state index in [9.17, 15) is 14.4 Å². The normalized spacial score (nSPS) is 11.5. The van der Waals surface area contributed by atoms with Gasteiger partial charge in [0.25, 0.3) is 5.91 Å². The van der Waals surface area contributed by atoms with Crippen LogP contribution in [0, 0.1) is 13.8 Å². The first kappa shape index (κ1) is 19.2. The number of carbonyl (C=O) groups excluding carboxylic acids is 3. The number of nitrogens with one attached hydrogen (secondary N) is 1. The smallest absolute Gasteiger partial charge is 0.413 e. The van der Waals surface area contributed by atoms with Crippen LogP contribution < -0.4 is 5.32 Å². The molecule has 26 heavy (non-hydrogen) atoms. The molecule has 1 N–H and O–H groups in total. The fraction of sp³-hybridized carbons (Fsp3) is 0.333. The highest BCUT2D eigenvalue weighted by Crippen LogP contribution is 2.18. The number of para-hydroxylation sites is 1. The summed E-state index contributed by atoms with van der Waals surface area (Å²) in [6, 6.07) is 9.55. The number of imide groups is 1. The molecule has 0 fully saturated rings. The lowest BCUT2D eigenvalue weighted by atomic mass is 10.1. The first-order valence-corrected chi connectivity index (χ1v) is 8.02. The van der Waals surface area contributed by atoms with E-state index in [1.165, 1.54) is 6.92 Å². The Morgan fingerprint density at radius 1 is 1.19 bits per heavy atom. The van der Waals surface area contributed by atoms with E-state index in [0.717, 1.165) is 24.1 Å². The molecule has 0 radical (unpaired) electrons. The van der Waals surface area contributed by atoms with E-state index in [-0.39, 0.29) is 6.42 Å². The maximum Gasteiger partial charge on any atom is 0.413 e. The van der Waals surface area contributed by atoms with E-state index in [1.54, 1.807) is 4.68 Å². The zero-order chi connectivity index (χ0) is 19.3. The number of aryl methyl sites for hydroxylation is 1. The Morgan fingerprint density at radius 2 is 1.85 bits per heavy atom. The fourth-order valence-electron chi connectivity index (χ4n) is 2.44. The molecule has 1 heterocycles. The summed E-state index contributed by atoms with van der Waals surface area (Å²) in [4.78, 5) is 34.9. The summed E-state index contributed by atoms with van der Waals surface area (Å²) in [5.74, 6) is -1.34. The number of methoxy groups -OCH3 is 1. The molecule has 2 amide bonds. The minimum atomic E-state index is -1.12. The zero-order valence-electron chi connectivity index (χ0n) is 15.1. The molecule has 0 bridgehead atoms. The molecular weight excluding hydrogens is 338 g/mol. The van der Waals surface area contributed by atoms with Crippen molar-refractivity contribution in [2.45, 2.75) is 33.3 Å². The first-order chi connectivity index (χ1) is 12.3. The van der Waals surface area contributed by atoms with Gasteiger partial charge in [-0.1, -0.05) is 18.2 Å². The highest BCUT2D eigenvalue weighted by atomic mass is 16.6. The highest BCUT2D eigenvalue weighted by Gasteiger charge is 2.22. The molecule has 8 heteroatoms. The number of amides is 2. The summed E-state index contributed by atoms with van der Waals surface area (Å²) in [5.41, 5.74) is 3.14. The topological polar surface area (TPSA) is 99.5 Å². The van der Waals surface area contributed by atoms with Gasteiger partial charge in [0, 0.05) is 11.3 Å². The summed E-state index contributed by atoms with van der Waals surface area (Å²) in [6.45, 7) is 5.05. The van der Waals surface area contributed by atoms with Crippen molar-refractivity contribution in [3.05, 3.63) is 47.3 Å². The van der Waals surface area contributed by atoms with Crippen LogP contribution in [0.25, 0.3) is 5.69 Å². The quantitative estimate of drug-likeness (QED) is 0.818. The molecular formula is C18H21N3O5. The molecule has 1 atom stereocenters. The predicted octanol–water partition coefficient (Wildman–Crippen LogP) is 1.85. The van der Waals surface area contributed by atoms with Crippen molar-refractivity contribution in [2.24, 2.45) is 0 Å². The van der Waals surface area contributed by atoms with Gasteiger partial charge in [0.1, 0.15) is 0 Å². The molecule has 0 aliphatic carbocycles. The lowest BCUT2D eigenvalue weighted by molar-refractivity contribution is -0.153. The van der Waals surface area contributed by atoms with Gasteiger partial charge in [0.15, 0.2) is 6.10 Å². The van der Waals surface area contributed by atoms with Gasteiger partial charge in [0.2, 0.25) is 0 Å². The van der Waals surface area contributed by atoms with Crippen LogP contribution in [0.3, 0.4) is 0 Å². The Balaban J connectivity index is 2.07. The minimum absolute atomic E-state index is 0.0274. The van der Waals surface area contributed by atoms with Crippen molar-refractivity contribution in [3.63, 3.8) is 0 Å². The van der Waals surface area contributed by atoms with Gasteiger partial charge in [-0.05, 0) is 32.9 Å². The third kappa shape index (κ3) is 4.47. The highest BCUT2D eigenvalue weighted by molar-refractivity contribution is 5.95. The van der Waals surface area contributed by atoms with Crippen molar-refractivity contribution >= 4 is 18.0 Å². The van der Waals surface area contributed by atoms with Gasteiger partial charge in [-0.3, -0.25) is 14.9 Å². The molecule has 0 saturated carbocycles. The van der Waals surface area contributed by atoms with Gasteiger partial charge in [0.05, 0.1) is 24.9 Å². The summed E-state index contributed by atoms with van der Waals surface area (Å²) in [5, 5.41) is 6.42. The van der Waals surface area contributed by atoms with Crippen LogP contribution >= 0.6 is 0 Å². The Bertz CT molecular complexity index is 814. The predicted molar refractivity (Wildman–Crippen MR) is 92.8 cm³/mol. The number of hydrogen-bond donors (Lipinski definition) is 1. The Hall–Kier alpha value is -3.16. The zero-order valence-corrected chi connectivity index (χ0v) is 15.1. The maximum atomic E-state index is 12.2. The second kappa shape index (κ2) is 8.28. The summed E-state index contributed by atoms with van der Waals surface area (Å²) in [6.07, 6.45) is -2.06. The van der Waals surface area contributed by atoms with Crippen LogP contribution in [0.1, 0.15) is 23.9 Å². The lowest BCUT2D eigenvalue weighted by Crippen LogP contribution is -2.39. The number of hydrogen-bond acceptors (Lipinski definition) is 6. The summed E-state index contributed by atoms with van der Waals surface area (Å²) < 4.78 is 11.2. The summed E-state index contributed by atoms with van der Waals surface area (Å²) in [7, 11) is 1.13. The number of carbonyl (C=O) groups is 3. The molecule has 2 aromatic rings. The van der Waals surface area contributed by atoms with Crippen LogP contribution in [0.4, 0.5) is 4.79 Å². The third-order valence-corrected chi connectivity index (χ3v) is 3.85. The average molecular weight is 359 g/mol. The third-order valence-electron chi connectivity index (χ3n) is 3.85. The first-order valence-electron chi connectivity index (χ1n) is 8.02. The molecule has 0 unspecified atom stereocenters. The molecule has 8 nitrogen and oxygen atoms in total.